The number of unbranched alkanes of at least 4 members (excludes halogenated alkanes) is 3. The fraction of sp³-hybridized carbons (Fsp3) is 0.706. The molecule has 144 valence electrons. The average molecular weight is 360 g/mol. The third-order valence-corrected chi connectivity index (χ3v) is 3.42. The van der Waals surface area contributed by atoms with Crippen molar-refractivity contribution in [2.24, 2.45) is 0 Å². The molecule has 0 unspecified atom stereocenters. The van der Waals surface area contributed by atoms with Crippen LogP contribution >= 0.6 is 0 Å². The van der Waals surface area contributed by atoms with Crippen LogP contribution < -0.4 is 0 Å². The van der Waals surface area contributed by atoms with Gasteiger partial charge in [0.15, 0.2) is 0 Å². The Hall–Kier alpha value is -1.93. The molecule has 0 aromatic rings. The fourth-order valence-corrected chi connectivity index (χ4v) is 2.14. The van der Waals surface area contributed by atoms with Crippen LogP contribution in [0.1, 0.15) is 45.4 Å². The highest BCUT2D eigenvalue weighted by molar-refractivity contribution is 6.01. The van der Waals surface area contributed by atoms with E-state index in [1.807, 2.05) is 6.92 Å². The van der Waals surface area contributed by atoms with Gasteiger partial charge in [-0.1, -0.05) is 12.8 Å². The molecule has 25 heavy (non-hydrogen) atoms. The van der Waals surface area contributed by atoms with Gasteiger partial charge in [0.1, 0.15) is 6.61 Å². The number of ether oxygens (including phenoxy) is 3. The number of aliphatic carboxylic acids is 2. The number of carbonyl (C=O) groups is 3. The van der Waals surface area contributed by atoms with E-state index in [1.165, 1.54) is 7.11 Å². The van der Waals surface area contributed by atoms with Gasteiger partial charge in [-0.3, -0.25) is 4.79 Å². The molecule has 0 aromatic heterocycles. The lowest BCUT2D eigenvalue weighted by Crippen LogP contribution is -2.17. The number of carbonyl (C=O) groups excluding carboxylic acids is 1. The summed E-state index contributed by atoms with van der Waals surface area (Å²) in [5.41, 5.74) is -0.676. The summed E-state index contributed by atoms with van der Waals surface area (Å²) in [6, 6.07) is 0. The van der Waals surface area contributed by atoms with E-state index >= 15 is 0 Å². The van der Waals surface area contributed by atoms with E-state index in [-0.39, 0.29) is 25.2 Å². The quantitative estimate of drug-likeness (QED) is 0.259. The number of hydrogen-bond acceptors (Lipinski definition) is 6. The third-order valence-electron chi connectivity index (χ3n) is 3.42. The molecule has 0 aliphatic rings. The van der Waals surface area contributed by atoms with Gasteiger partial charge in [0.25, 0.3) is 0 Å². The molecule has 8 heteroatoms. The predicted molar refractivity (Wildman–Crippen MR) is 89.3 cm³/mol. The lowest BCUT2D eigenvalue weighted by Gasteiger charge is -2.09. The van der Waals surface area contributed by atoms with Crippen molar-refractivity contribution < 1.29 is 38.8 Å². The van der Waals surface area contributed by atoms with Crippen molar-refractivity contribution in [1.29, 1.82) is 0 Å². The van der Waals surface area contributed by atoms with Crippen LogP contribution in [-0.4, -0.2) is 61.7 Å². The maximum Gasteiger partial charge on any atom is 0.332 e. The summed E-state index contributed by atoms with van der Waals surface area (Å²) >= 11 is 0. The molecule has 0 bridgehead atoms. The first-order valence-electron chi connectivity index (χ1n) is 8.34. The molecular formula is C17H28O8. The third kappa shape index (κ3) is 11.3. The molecule has 0 atom stereocenters. The summed E-state index contributed by atoms with van der Waals surface area (Å²) in [5.74, 6) is -3.53. The number of rotatable bonds is 15. The van der Waals surface area contributed by atoms with Crippen molar-refractivity contribution in [3.05, 3.63) is 11.1 Å². The van der Waals surface area contributed by atoms with Gasteiger partial charge >= 0.3 is 17.9 Å². The van der Waals surface area contributed by atoms with E-state index in [4.69, 9.17) is 14.2 Å². The maximum absolute atomic E-state index is 11.7. The van der Waals surface area contributed by atoms with E-state index in [2.05, 4.69) is 0 Å². The second kappa shape index (κ2) is 14.4. The first kappa shape index (κ1) is 23.1. The Labute approximate surface area is 147 Å². The summed E-state index contributed by atoms with van der Waals surface area (Å²) in [6.07, 6.45) is 2.55. The molecule has 0 aliphatic carbocycles. The molecule has 0 rings (SSSR count). The first-order chi connectivity index (χ1) is 11.9. The highest BCUT2D eigenvalue weighted by atomic mass is 16.6. The number of carboxylic acid groups (broad SMARTS) is 2. The molecule has 0 aromatic carbocycles. The molecule has 0 amide bonds. The van der Waals surface area contributed by atoms with Gasteiger partial charge in [-0.15, -0.1) is 0 Å². The monoisotopic (exact) mass is 360 g/mol. The zero-order chi connectivity index (χ0) is 19.1. The zero-order valence-corrected chi connectivity index (χ0v) is 14.9. The molecule has 0 aliphatic heterocycles. The van der Waals surface area contributed by atoms with E-state index in [0.29, 0.717) is 19.6 Å². The molecular weight excluding hydrogens is 332 g/mol. The van der Waals surface area contributed by atoms with E-state index in [1.54, 1.807) is 0 Å². The van der Waals surface area contributed by atoms with Crippen molar-refractivity contribution in [3.8, 4) is 0 Å². The smallest absolute Gasteiger partial charge is 0.332 e. The standard InChI is InChI=1S/C17H28O8/c1-3-24-9-7-5-4-6-8-13(16(19)20)14(17(21)22)12-15(18)25-11-10-23-2/h3-12H2,1-2H3,(H,19,20)(H,21,22)/b14-13+. The van der Waals surface area contributed by atoms with E-state index in [9.17, 15) is 24.6 Å². The normalized spacial score (nSPS) is 11.8. The van der Waals surface area contributed by atoms with E-state index in [0.717, 1.165) is 19.3 Å². The van der Waals surface area contributed by atoms with Crippen LogP contribution in [0.15, 0.2) is 11.1 Å². The predicted octanol–water partition coefficient (Wildman–Crippen LogP) is 2.02. The van der Waals surface area contributed by atoms with Crippen molar-refractivity contribution in [2.45, 2.75) is 45.4 Å². The van der Waals surface area contributed by atoms with Crippen molar-refractivity contribution in [3.63, 3.8) is 0 Å². The van der Waals surface area contributed by atoms with Gasteiger partial charge < -0.3 is 24.4 Å². The Morgan fingerprint density at radius 2 is 1.48 bits per heavy atom. The Bertz CT molecular complexity index is 456. The lowest BCUT2D eigenvalue weighted by atomic mass is 9.99. The first-order valence-corrected chi connectivity index (χ1v) is 8.34. The van der Waals surface area contributed by atoms with Gasteiger partial charge in [0.05, 0.1) is 18.6 Å². The number of hydrogen-bond donors (Lipinski definition) is 2. The summed E-state index contributed by atoms with van der Waals surface area (Å²) < 4.78 is 14.7. The molecule has 2 N–H and O–H groups in total. The number of methoxy groups -OCH3 is 1. The van der Waals surface area contributed by atoms with Crippen molar-refractivity contribution in [1.82, 2.24) is 0 Å². The Morgan fingerprint density at radius 1 is 0.840 bits per heavy atom. The van der Waals surface area contributed by atoms with Crippen LogP contribution in [0.5, 0.6) is 0 Å². The van der Waals surface area contributed by atoms with Gasteiger partial charge in [-0.2, -0.15) is 0 Å². The van der Waals surface area contributed by atoms with Crippen LogP contribution in [0.25, 0.3) is 0 Å². The maximum atomic E-state index is 11.7. The number of carboxylic acids is 2. The Kier molecular flexibility index (Phi) is 13.3. The molecule has 0 saturated carbocycles. The van der Waals surface area contributed by atoms with Crippen LogP contribution in [0.2, 0.25) is 0 Å². The van der Waals surface area contributed by atoms with Crippen molar-refractivity contribution in [2.75, 3.05) is 33.5 Å². The van der Waals surface area contributed by atoms with Gasteiger partial charge in [-0.25, -0.2) is 9.59 Å². The minimum Gasteiger partial charge on any atom is -0.478 e. The van der Waals surface area contributed by atoms with Crippen LogP contribution in [0.4, 0.5) is 0 Å². The topological polar surface area (TPSA) is 119 Å². The second-order valence-corrected chi connectivity index (χ2v) is 5.32. The van der Waals surface area contributed by atoms with Crippen LogP contribution in [-0.2, 0) is 28.6 Å². The molecule has 8 nitrogen and oxygen atoms in total. The van der Waals surface area contributed by atoms with Crippen LogP contribution in [0.3, 0.4) is 0 Å². The van der Waals surface area contributed by atoms with Crippen molar-refractivity contribution >= 4 is 17.9 Å². The average Bonchev–Trinajstić information content (AvgIpc) is 2.55. The zero-order valence-electron chi connectivity index (χ0n) is 14.9. The molecule has 0 spiro atoms. The highest BCUT2D eigenvalue weighted by Crippen LogP contribution is 2.18. The van der Waals surface area contributed by atoms with Gasteiger partial charge in [-0.05, 0) is 26.2 Å². The Morgan fingerprint density at radius 3 is 2.04 bits per heavy atom. The van der Waals surface area contributed by atoms with Gasteiger partial charge in [0, 0.05) is 25.9 Å². The summed E-state index contributed by atoms with van der Waals surface area (Å²) in [4.78, 5) is 34.4. The second-order valence-electron chi connectivity index (χ2n) is 5.32. The molecule has 0 heterocycles. The van der Waals surface area contributed by atoms with Crippen LogP contribution in [0, 0.1) is 0 Å². The minimum atomic E-state index is -1.42. The highest BCUT2D eigenvalue weighted by Gasteiger charge is 2.23. The SMILES string of the molecule is CCOCCCCCC/C(C(=O)O)=C(/CC(=O)OCCOC)C(=O)O. The molecule has 0 radical (unpaired) electrons. The molecule has 0 saturated heterocycles. The summed E-state index contributed by atoms with van der Waals surface area (Å²) in [6.45, 7) is 3.41. The minimum absolute atomic E-state index is 0.00946. The van der Waals surface area contributed by atoms with E-state index < -0.39 is 29.9 Å². The van der Waals surface area contributed by atoms with Gasteiger partial charge in [0.2, 0.25) is 0 Å². The Balaban J connectivity index is 4.65. The summed E-state index contributed by atoms with van der Waals surface area (Å²) in [5, 5.41) is 18.5. The summed E-state index contributed by atoms with van der Waals surface area (Å²) in [7, 11) is 1.44. The largest absolute Gasteiger partial charge is 0.478 e. The fourth-order valence-electron chi connectivity index (χ4n) is 2.14. The number of esters is 1. The molecule has 0 fully saturated rings. The lowest BCUT2D eigenvalue weighted by molar-refractivity contribution is -0.146.